The Bertz CT molecular complexity index is 415. The molecular weight excluding hydrogens is 258 g/mol. The molecule has 0 aliphatic rings. The predicted molar refractivity (Wildman–Crippen MR) is 73.8 cm³/mol. The first-order valence-corrected chi connectivity index (χ1v) is 7.62. The molecule has 3 nitrogen and oxygen atoms in total. The predicted octanol–water partition coefficient (Wildman–Crippen LogP) is 2.49. The lowest BCUT2D eigenvalue weighted by Gasteiger charge is -2.04. The molecule has 92 valence electrons. The summed E-state index contributed by atoms with van der Waals surface area (Å²) < 4.78 is 0. The monoisotopic (exact) mass is 272 g/mol. The lowest BCUT2D eigenvalue weighted by molar-refractivity contribution is -0.140. The van der Waals surface area contributed by atoms with Crippen LogP contribution < -0.4 is 0 Å². The highest BCUT2D eigenvalue weighted by Gasteiger charge is 2.13. The second kappa shape index (κ2) is 6.67. The Morgan fingerprint density at radius 2 is 1.94 bits per heavy atom. The van der Waals surface area contributed by atoms with Crippen LogP contribution in [0.5, 0.6) is 0 Å². The maximum absolute atomic E-state index is 10.8. The Labute approximate surface area is 109 Å². The molecule has 1 rings (SSSR count). The minimum Gasteiger partial charge on any atom is -0.318 e. The van der Waals surface area contributed by atoms with Gasteiger partial charge in [0.05, 0.1) is 12.5 Å². The molecule has 0 aliphatic heterocycles. The maximum Gasteiger partial charge on any atom is 0.331 e. The first-order chi connectivity index (χ1) is 7.99. The van der Waals surface area contributed by atoms with Gasteiger partial charge in [0, 0.05) is 17.5 Å². The summed E-state index contributed by atoms with van der Waals surface area (Å²) in [6.07, 6.45) is 4.22. The van der Waals surface area contributed by atoms with Crippen LogP contribution in [0, 0.1) is 0 Å². The van der Waals surface area contributed by atoms with Crippen molar-refractivity contribution >= 4 is 34.2 Å². The number of nitrogens with zero attached hydrogens (tertiary/aromatic N) is 1. The van der Waals surface area contributed by atoms with E-state index in [0.29, 0.717) is 5.02 Å². The van der Waals surface area contributed by atoms with Gasteiger partial charge in [-0.15, -0.1) is 0 Å². The Balaban J connectivity index is 2.93. The number of halogens is 1. The number of hydrogen-bond donors (Lipinski definition) is 0. The highest BCUT2D eigenvalue weighted by molar-refractivity contribution is 7.96. The van der Waals surface area contributed by atoms with Gasteiger partial charge in [-0.05, 0) is 23.0 Å². The summed E-state index contributed by atoms with van der Waals surface area (Å²) in [6.45, 7) is 1.33. The number of carbonyl (C=O) groups excluding carboxylic acids is 1. The van der Waals surface area contributed by atoms with Crippen molar-refractivity contribution in [3.05, 3.63) is 34.9 Å². The van der Waals surface area contributed by atoms with E-state index >= 15 is 0 Å². The fourth-order valence-electron chi connectivity index (χ4n) is 1.20. The van der Waals surface area contributed by atoms with E-state index in [0.717, 1.165) is 17.0 Å². The van der Waals surface area contributed by atoms with Crippen molar-refractivity contribution in [1.29, 1.82) is 0 Å². The molecule has 0 saturated heterocycles. The summed E-state index contributed by atoms with van der Waals surface area (Å²) in [7, 11) is 0.179. The molecule has 0 radical (unpaired) electrons. The average molecular weight is 273 g/mol. The van der Waals surface area contributed by atoms with E-state index in [-0.39, 0.29) is 10.9 Å². The van der Waals surface area contributed by atoms with Gasteiger partial charge >= 0.3 is 5.97 Å². The molecule has 0 bridgehead atoms. The van der Waals surface area contributed by atoms with Crippen LogP contribution in [0.15, 0.2) is 29.4 Å². The van der Waals surface area contributed by atoms with E-state index in [9.17, 15) is 4.79 Å². The number of benzene rings is 1. The number of oxime groups is 1. The fourth-order valence-corrected chi connectivity index (χ4v) is 2.09. The highest BCUT2D eigenvalue weighted by Crippen LogP contribution is 2.11. The minimum absolute atomic E-state index is 0.179. The van der Waals surface area contributed by atoms with Crippen molar-refractivity contribution < 1.29 is 9.63 Å². The molecule has 0 N–H and O–H groups in total. The van der Waals surface area contributed by atoms with E-state index in [1.165, 1.54) is 6.92 Å². The SMILES string of the molecule is CC(=O)ON=C(C[S+](C)C)c1ccc(Cl)cc1. The van der Waals surface area contributed by atoms with Gasteiger partial charge in [0.2, 0.25) is 0 Å². The van der Waals surface area contributed by atoms with Gasteiger partial charge in [0.25, 0.3) is 0 Å². The van der Waals surface area contributed by atoms with E-state index < -0.39 is 5.97 Å². The van der Waals surface area contributed by atoms with E-state index in [1.54, 1.807) is 12.1 Å². The fraction of sp³-hybridized carbons (Fsp3) is 0.333. The maximum atomic E-state index is 10.8. The summed E-state index contributed by atoms with van der Waals surface area (Å²) in [5.41, 5.74) is 1.70. The Hall–Kier alpha value is -1.00. The third kappa shape index (κ3) is 5.24. The number of carbonyl (C=O) groups is 1. The standard InChI is InChI=1S/C12H15ClNO2S/c1-9(15)16-14-12(8-17(2)3)10-4-6-11(13)7-5-10/h4-7H,8H2,1-3H3/q+1. The second-order valence-corrected chi connectivity index (χ2v) is 6.45. The van der Waals surface area contributed by atoms with Crippen LogP contribution >= 0.6 is 11.6 Å². The largest absolute Gasteiger partial charge is 0.331 e. The third-order valence-corrected chi connectivity index (χ3v) is 2.99. The molecule has 0 atom stereocenters. The summed E-state index contributed by atoms with van der Waals surface area (Å²) in [5.74, 6) is 0.359. The topological polar surface area (TPSA) is 38.7 Å². The van der Waals surface area contributed by atoms with Gasteiger partial charge in [-0.2, -0.15) is 0 Å². The third-order valence-electron chi connectivity index (χ3n) is 1.89. The van der Waals surface area contributed by atoms with Crippen LogP contribution in [0.25, 0.3) is 0 Å². The van der Waals surface area contributed by atoms with Crippen LogP contribution in [0.3, 0.4) is 0 Å². The molecule has 0 aliphatic carbocycles. The minimum atomic E-state index is -0.413. The van der Waals surface area contributed by atoms with Gasteiger partial charge in [0.1, 0.15) is 5.71 Å². The van der Waals surface area contributed by atoms with Crippen molar-refractivity contribution in [2.75, 3.05) is 18.3 Å². The zero-order valence-electron chi connectivity index (χ0n) is 10.1. The molecule has 1 aromatic rings. The Morgan fingerprint density at radius 3 is 2.41 bits per heavy atom. The summed E-state index contributed by atoms with van der Waals surface area (Å²) in [4.78, 5) is 15.5. The lowest BCUT2D eigenvalue weighted by atomic mass is 10.1. The van der Waals surface area contributed by atoms with Crippen LogP contribution in [0.4, 0.5) is 0 Å². The van der Waals surface area contributed by atoms with Gasteiger partial charge in [-0.3, -0.25) is 0 Å². The molecule has 0 aromatic heterocycles. The molecule has 5 heteroatoms. The summed E-state index contributed by atoms with van der Waals surface area (Å²) in [5, 5.41) is 4.57. The lowest BCUT2D eigenvalue weighted by Crippen LogP contribution is -2.16. The van der Waals surface area contributed by atoms with Crippen molar-refractivity contribution in [2.45, 2.75) is 6.92 Å². The Kier molecular flexibility index (Phi) is 5.51. The van der Waals surface area contributed by atoms with Crippen LogP contribution in [0.1, 0.15) is 12.5 Å². The molecule has 0 fully saturated rings. The van der Waals surface area contributed by atoms with Gasteiger partial charge in [0.15, 0.2) is 5.75 Å². The molecule has 1 aromatic carbocycles. The van der Waals surface area contributed by atoms with E-state index in [2.05, 4.69) is 17.7 Å². The van der Waals surface area contributed by atoms with Crippen molar-refractivity contribution in [3.8, 4) is 0 Å². The molecule has 17 heavy (non-hydrogen) atoms. The molecular formula is C12H15ClNO2S+. The van der Waals surface area contributed by atoms with E-state index in [4.69, 9.17) is 16.4 Å². The molecule has 0 amide bonds. The second-order valence-electron chi connectivity index (χ2n) is 3.76. The molecule has 0 unspecified atom stereocenters. The Morgan fingerprint density at radius 1 is 1.35 bits per heavy atom. The van der Waals surface area contributed by atoms with Crippen LogP contribution in [-0.2, 0) is 20.5 Å². The zero-order valence-corrected chi connectivity index (χ0v) is 11.6. The normalized spacial score (nSPS) is 11.7. The smallest absolute Gasteiger partial charge is 0.318 e. The van der Waals surface area contributed by atoms with E-state index in [1.807, 2.05) is 12.1 Å². The first kappa shape index (κ1) is 14.1. The van der Waals surface area contributed by atoms with Crippen molar-refractivity contribution in [2.24, 2.45) is 5.16 Å². The molecule has 0 heterocycles. The average Bonchev–Trinajstić information content (AvgIpc) is 2.25. The first-order valence-electron chi connectivity index (χ1n) is 5.03. The zero-order chi connectivity index (χ0) is 12.8. The van der Waals surface area contributed by atoms with Crippen molar-refractivity contribution in [3.63, 3.8) is 0 Å². The van der Waals surface area contributed by atoms with Crippen molar-refractivity contribution in [1.82, 2.24) is 0 Å². The summed E-state index contributed by atoms with van der Waals surface area (Å²) in [6, 6.07) is 7.34. The summed E-state index contributed by atoms with van der Waals surface area (Å²) >= 11 is 5.83. The van der Waals surface area contributed by atoms with Crippen LogP contribution in [0.2, 0.25) is 5.02 Å². The number of rotatable bonds is 4. The quantitative estimate of drug-likeness (QED) is 0.366. The highest BCUT2D eigenvalue weighted by atomic mass is 35.5. The van der Waals surface area contributed by atoms with Crippen LogP contribution in [-0.4, -0.2) is 29.9 Å². The molecule has 0 spiro atoms. The van der Waals surface area contributed by atoms with Gasteiger partial charge in [-0.1, -0.05) is 28.9 Å². The van der Waals surface area contributed by atoms with Gasteiger partial charge in [-0.25, -0.2) is 4.79 Å². The number of hydrogen-bond acceptors (Lipinski definition) is 3. The van der Waals surface area contributed by atoms with Gasteiger partial charge < -0.3 is 4.84 Å². The molecule has 0 saturated carbocycles.